The van der Waals surface area contributed by atoms with Crippen LogP contribution in [0.4, 0.5) is 8.78 Å². The molecule has 0 saturated carbocycles. The molecule has 0 aliphatic heterocycles. The summed E-state index contributed by atoms with van der Waals surface area (Å²) >= 11 is 3.07. The predicted molar refractivity (Wildman–Crippen MR) is 61.8 cm³/mol. The van der Waals surface area contributed by atoms with E-state index in [9.17, 15) is 13.6 Å². The van der Waals surface area contributed by atoms with Crippen molar-refractivity contribution in [2.45, 2.75) is 13.3 Å². The Hall–Kier alpha value is -1.70. The number of carbonyl (C=O) groups is 1. The summed E-state index contributed by atoms with van der Waals surface area (Å²) in [6, 6.07) is 1.23. The lowest BCUT2D eigenvalue weighted by Gasteiger charge is -2.09. The maximum Gasteiger partial charge on any atom is 0.267 e. The van der Waals surface area contributed by atoms with Gasteiger partial charge in [0.15, 0.2) is 11.6 Å². The van der Waals surface area contributed by atoms with Gasteiger partial charge in [-0.2, -0.15) is 4.68 Å². The van der Waals surface area contributed by atoms with Crippen molar-refractivity contribution in [2.24, 2.45) is 0 Å². The second kappa shape index (κ2) is 4.89. The number of aromatic nitrogens is 4. The molecular weight excluding hydrogens is 310 g/mol. The van der Waals surface area contributed by atoms with E-state index in [1.807, 2.05) is 0 Å². The van der Waals surface area contributed by atoms with E-state index < -0.39 is 6.43 Å². The standard InChI is InChI=1S/C10H7BrF2N4O/c1-5(18)8-4-15-16-17(8)10-7(9(12)13)2-6(11)3-14-10/h2-4,9H,1H3. The Morgan fingerprint density at radius 1 is 1.44 bits per heavy atom. The second-order valence-electron chi connectivity index (χ2n) is 3.45. The van der Waals surface area contributed by atoms with E-state index in [0.29, 0.717) is 4.47 Å². The van der Waals surface area contributed by atoms with Crippen LogP contribution in [0.5, 0.6) is 0 Å². The predicted octanol–water partition coefficient (Wildman–Crippen LogP) is 2.57. The summed E-state index contributed by atoms with van der Waals surface area (Å²) in [4.78, 5) is 15.2. The van der Waals surface area contributed by atoms with Crippen LogP contribution in [-0.2, 0) is 0 Å². The molecule has 0 fully saturated rings. The highest BCUT2D eigenvalue weighted by Crippen LogP contribution is 2.27. The van der Waals surface area contributed by atoms with Crippen molar-refractivity contribution >= 4 is 21.7 Å². The Kier molecular flexibility index (Phi) is 3.46. The number of alkyl halides is 2. The van der Waals surface area contributed by atoms with Crippen LogP contribution in [0.25, 0.3) is 5.82 Å². The molecule has 2 heterocycles. The van der Waals surface area contributed by atoms with Crippen LogP contribution in [0.15, 0.2) is 22.9 Å². The van der Waals surface area contributed by atoms with Crippen LogP contribution < -0.4 is 0 Å². The van der Waals surface area contributed by atoms with Crippen molar-refractivity contribution in [3.63, 3.8) is 0 Å². The number of ketones is 1. The Morgan fingerprint density at radius 3 is 2.78 bits per heavy atom. The van der Waals surface area contributed by atoms with Crippen molar-refractivity contribution in [1.82, 2.24) is 20.0 Å². The minimum absolute atomic E-state index is 0.101. The molecule has 0 aromatic carbocycles. The lowest BCUT2D eigenvalue weighted by molar-refractivity contribution is 0.100. The molecular formula is C10H7BrF2N4O. The summed E-state index contributed by atoms with van der Waals surface area (Å²) in [6.07, 6.45) is -0.164. The summed E-state index contributed by atoms with van der Waals surface area (Å²) in [5.41, 5.74) is -0.218. The Morgan fingerprint density at radius 2 is 2.17 bits per heavy atom. The maximum absolute atomic E-state index is 12.9. The zero-order chi connectivity index (χ0) is 13.3. The first-order chi connectivity index (χ1) is 8.50. The number of pyridine rings is 1. The topological polar surface area (TPSA) is 60.7 Å². The number of carbonyl (C=O) groups excluding carboxylic acids is 1. The molecule has 0 spiro atoms. The molecule has 0 bridgehead atoms. The fourth-order valence-corrected chi connectivity index (χ4v) is 1.77. The molecule has 2 rings (SSSR count). The third-order valence-electron chi connectivity index (χ3n) is 2.21. The van der Waals surface area contributed by atoms with Gasteiger partial charge < -0.3 is 0 Å². The highest BCUT2D eigenvalue weighted by Gasteiger charge is 2.20. The summed E-state index contributed by atoms with van der Waals surface area (Å²) in [5, 5.41) is 7.15. The van der Waals surface area contributed by atoms with Gasteiger partial charge in [0.2, 0.25) is 0 Å². The van der Waals surface area contributed by atoms with Crippen molar-refractivity contribution < 1.29 is 13.6 Å². The smallest absolute Gasteiger partial charge is 0.267 e. The lowest BCUT2D eigenvalue weighted by Crippen LogP contribution is -2.11. The number of rotatable bonds is 3. The van der Waals surface area contributed by atoms with Gasteiger partial charge in [-0.3, -0.25) is 4.79 Å². The zero-order valence-corrected chi connectivity index (χ0v) is 10.7. The van der Waals surface area contributed by atoms with E-state index in [4.69, 9.17) is 0 Å². The molecule has 2 aromatic rings. The molecule has 94 valence electrons. The van der Waals surface area contributed by atoms with Crippen LogP contribution >= 0.6 is 15.9 Å². The van der Waals surface area contributed by atoms with Gasteiger partial charge >= 0.3 is 0 Å². The van der Waals surface area contributed by atoms with Gasteiger partial charge in [-0.05, 0) is 22.0 Å². The first-order valence-corrected chi connectivity index (χ1v) is 5.65. The second-order valence-corrected chi connectivity index (χ2v) is 4.37. The van der Waals surface area contributed by atoms with Gasteiger partial charge in [0.1, 0.15) is 5.69 Å². The molecule has 8 heteroatoms. The molecule has 5 nitrogen and oxygen atoms in total. The molecule has 0 aliphatic carbocycles. The third-order valence-corrected chi connectivity index (χ3v) is 2.64. The molecule has 0 amide bonds. The van der Waals surface area contributed by atoms with E-state index in [0.717, 1.165) is 4.68 Å². The van der Waals surface area contributed by atoms with E-state index in [-0.39, 0.29) is 22.9 Å². The molecule has 18 heavy (non-hydrogen) atoms. The molecule has 2 aromatic heterocycles. The van der Waals surface area contributed by atoms with Crippen LogP contribution in [-0.4, -0.2) is 25.8 Å². The van der Waals surface area contributed by atoms with Crippen LogP contribution in [0.1, 0.15) is 29.4 Å². The Balaban J connectivity index is 2.63. The normalized spacial score (nSPS) is 10.9. The number of hydrogen-bond acceptors (Lipinski definition) is 4. The minimum atomic E-state index is -2.73. The third kappa shape index (κ3) is 2.28. The average Bonchev–Trinajstić information content (AvgIpc) is 2.77. The number of halogens is 3. The van der Waals surface area contributed by atoms with E-state index in [1.54, 1.807) is 0 Å². The Labute approximate surface area is 109 Å². The molecule has 0 radical (unpaired) electrons. The van der Waals surface area contributed by atoms with Crippen molar-refractivity contribution in [3.8, 4) is 5.82 Å². The average molecular weight is 317 g/mol. The summed E-state index contributed by atoms with van der Waals surface area (Å²) < 4.78 is 27.3. The zero-order valence-electron chi connectivity index (χ0n) is 9.14. The maximum atomic E-state index is 12.9. The molecule has 0 saturated heterocycles. The van der Waals surface area contributed by atoms with Gasteiger partial charge in [0, 0.05) is 17.6 Å². The Bertz CT molecular complexity index is 599. The fourth-order valence-electron chi connectivity index (χ4n) is 1.42. The number of nitrogens with zero attached hydrogens (tertiary/aromatic N) is 4. The SMILES string of the molecule is CC(=O)c1cnnn1-c1ncc(Br)cc1C(F)F. The summed E-state index contributed by atoms with van der Waals surface area (Å²) in [7, 11) is 0. The quantitative estimate of drug-likeness (QED) is 0.816. The highest BCUT2D eigenvalue weighted by atomic mass is 79.9. The summed E-state index contributed by atoms with van der Waals surface area (Å²) in [6.45, 7) is 1.30. The number of hydrogen-bond donors (Lipinski definition) is 0. The van der Waals surface area contributed by atoms with E-state index in [2.05, 4.69) is 31.2 Å². The van der Waals surface area contributed by atoms with Crippen molar-refractivity contribution in [3.05, 3.63) is 34.2 Å². The molecule has 0 aliphatic rings. The van der Waals surface area contributed by atoms with Gasteiger partial charge in [0.05, 0.1) is 11.8 Å². The van der Waals surface area contributed by atoms with E-state index in [1.165, 1.54) is 25.4 Å². The monoisotopic (exact) mass is 316 g/mol. The van der Waals surface area contributed by atoms with Crippen LogP contribution in [0.2, 0.25) is 0 Å². The van der Waals surface area contributed by atoms with Crippen LogP contribution in [0.3, 0.4) is 0 Å². The first-order valence-electron chi connectivity index (χ1n) is 4.86. The first kappa shape index (κ1) is 12.7. The van der Waals surface area contributed by atoms with Gasteiger partial charge in [-0.1, -0.05) is 5.21 Å². The van der Waals surface area contributed by atoms with Gasteiger partial charge in [-0.15, -0.1) is 5.10 Å². The van der Waals surface area contributed by atoms with Crippen molar-refractivity contribution in [2.75, 3.05) is 0 Å². The lowest BCUT2D eigenvalue weighted by atomic mass is 10.2. The molecule has 0 atom stereocenters. The highest BCUT2D eigenvalue weighted by molar-refractivity contribution is 9.10. The number of Topliss-reactive ketones (excluding diaryl/α,β-unsaturated/α-hetero) is 1. The largest absolute Gasteiger partial charge is 0.293 e. The van der Waals surface area contributed by atoms with E-state index >= 15 is 0 Å². The molecule has 0 unspecified atom stereocenters. The van der Waals surface area contributed by atoms with Gasteiger partial charge in [0.25, 0.3) is 6.43 Å². The minimum Gasteiger partial charge on any atom is -0.293 e. The fraction of sp³-hybridized carbons (Fsp3) is 0.200. The van der Waals surface area contributed by atoms with Crippen molar-refractivity contribution in [1.29, 1.82) is 0 Å². The van der Waals surface area contributed by atoms with Crippen LogP contribution in [0, 0.1) is 0 Å². The van der Waals surface area contributed by atoms with Gasteiger partial charge in [-0.25, -0.2) is 13.8 Å². The molecule has 0 N–H and O–H groups in total. The summed E-state index contributed by atoms with van der Waals surface area (Å²) in [5.74, 6) is -0.430.